The molecule has 7 atom stereocenters. The predicted octanol–water partition coefficient (Wildman–Crippen LogP) is 1.29. The van der Waals surface area contributed by atoms with Crippen molar-refractivity contribution in [1.82, 2.24) is 0 Å². The first kappa shape index (κ1) is 22.8. The summed E-state index contributed by atoms with van der Waals surface area (Å²) in [5.74, 6) is -5.74. The fourth-order valence-corrected chi connectivity index (χ4v) is 6.27. The number of hydrogen-bond donors (Lipinski definition) is 4. The molecule has 3 aliphatic carbocycles. The van der Waals surface area contributed by atoms with Gasteiger partial charge in [0, 0.05) is 29.9 Å². The number of rotatable bonds is 4. The van der Waals surface area contributed by atoms with Crippen LogP contribution in [0.4, 0.5) is 0 Å². The summed E-state index contributed by atoms with van der Waals surface area (Å²) in [6.07, 6.45) is -1.24. The number of carbonyl (C=O) groups is 2. The Labute approximate surface area is 205 Å². The fourth-order valence-electron chi connectivity index (χ4n) is 6.27. The number of fused-ring (bicyclic) bond motifs is 1. The van der Waals surface area contributed by atoms with Gasteiger partial charge in [0.25, 0.3) is 0 Å². The lowest BCUT2D eigenvalue weighted by atomic mass is 9.55. The molecule has 2 aromatic carbocycles. The molecule has 0 aromatic heterocycles. The second-order valence-electron chi connectivity index (χ2n) is 9.53. The zero-order chi connectivity index (χ0) is 25.5. The first-order valence-corrected chi connectivity index (χ1v) is 11.5. The smallest absolute Gasteiger partial charge is 0.234 e. The van der Waals surface area contributed by atoms with Gasteiger partial charge >= 0.3 is 0 Å². The van der Waals surface area contributed by atoms with E-state index in [1.807, 2.05) is 0 Å². The summed E-state index contributed by atoms with van der Waals surface area (Å²) in [5, 5.41) is 42.6. The topological polar surface area (TPSA) is 152 Å². The molecule has 0 radical (unpaired) electrons. The maximum atomic E-state index is 13.4. The number of hydrogen-bond acceptors (Lipinski definition) is 10. The van der Waals surface area contributed by atoms with Gasteiger partial charge in [-0.1, -0.05) is 12.1 Å². The number of ether oxygens (including phenoxy) is 4. The number of carbonyl (C=O) groups excluding carboxylic acids is 2. The van der Waals surface area contributed by atoms with E-state index in [1.165, 1.54) is 32.4 Å². The zero-order valence-corrected chi connectivity index (χ0v) is 19.4. The van der Waals surface area contributed by atoms with Crippen LogP contribution in [0.3, 0.4) is 0 Å². The number of benzene rings is 2. The third-order valence-electron chi connectivity index (χ3n) is 7.84. The van der Waals surface area contributed by atoms with Crippen molar-refractivity contribution in [3.05, 3.63) is 53.1 Å². The Morgan fingerprint density at radius 3 is 2.56 bits per heavy atom. The highest BCUT2D eigenvalue weighted by Gasteiger charge is 2.69. The van der Waals surface area contributed by atoms with Crippen LogP contribution in [0.25, 0.3) is 0 Å². The summed E-state index contributed by atoms with van der Waals surface area (Å²) in [4.78, 5) is 26.4. The summed E-state index contributed by atoms with van der Waals surface area (Å²) in [5.41, 5.74) is 0.951. The van der Waals surface area contributed by atoms with E-state index in [9.17, 15) is 30.0 Å². The van der Waals surface area contributed by atoms with Gasteiger partial charge in [-0.05, 0) is 23.3 Å². The van der Waals surface area contributed by atoms with Crippen molar-refractivity contribution in [2.45, 2.75) is 23.9 Å². The van der Waals surface area contributed by atoms with Gasteiger partial charge in [-0.3, -0.25) is 9.59 Å². The Hall–Kier alpha value is -3.60. The molecular weight excluding hydrogens is 472 g/mol. The lowest BCUT2D eigenvalue weighted by molar-refractivity contribution is -0.206. The van der Waals surface area contributed by atoms with Crippen molar-refractivity contribution in [2.75, 3.05) is 20.8 Å². The van der Waals surface area contributed by atoms with Crippen LogP contribution in [0.15, 0.2) is 42.0 Å². The number of ketones is 2. The first-order valence-electron chi connectivity index (χ1n) is 11.5. The van der Waals surface area contributed by atoms with Crippen molar-refractivity contribution >= 4 is 11.6 Å². The van der Waals surface area contributed by atoms with E-state index >= 15 is 0 Å². The first-order chi connectivity index (χ1) is 17.2. The minimum atomic E-state index is -2.11. The highest BCUT2D eigenvalue weighted by Crippen LogP contribution is 2.61. The minimum absolute atomic E-state index is 0.0286. The number of methoxy groups -OCH3 is 2. The summed E-state index contributed by atoms with van der Waals surface area (Å²) < 4.78 is 22.1. The predicted molar refractivity (Wildman–Crippen MR) is 121 cm³/mol. The Bertz CT molecular complexity index is 1330. The maximum Gasteiger partial charge on any atom is 0.234 e. The van der Waals surface area contributed by atoms with Gasteiger partial charge in [0.1, 0.15) is 22.8 Å². The molecule has 2 aliphatic heterocycles. The molecule has 36 heavy (non-hydrogen) atoms. The highest BCUT2D eigenvalue weighted by molar-refractivity contribution is 6.06. The molecule has 1 saturated heterocycles. The zero-order valence-electron chi connectivity index (χ0n) is 19.4. The third kappa shape index (κ3) is 2.89. The van der Waals surface area contributed by atoms with Gasteiger partial charge in [0.05, 0.1) is 26.7 Å². The minimum Gasteiger partial charge on any atom is -0.507 e. The Morgan fingerprint density at radius 1 is 1.06 bits per heavy atom. The van der Waals surface area contributed by atoms with Crippen LogP contribution < -0.4 is 14.2 Å². The van der Waals surface area contributed by atoms with Crippen LogP contribution >= 0.6 is 0 Å². The molecule has 7 rings (SSSR count). The highest BCUT2D eigenvalue weighted by atomic mass is 16.6. The van der Waals surface area contributed by atoms with Crippen molar-refractivity contribution < 1.29 is 49.0 Å². The monoisotopic (exact) mass is 496 g/mol. The Kier molecular flexibility index (Phi) is 4.88. The summed E-state index contributed by atoms with van der Waals surface area (Å²) in [7, 11) is 2.82. The maximum absolute atomic E-state index is 13.4. The second-order valence-corrected chi connectivity index (χ2v) is 9.53. The molecule has 1 saturated carbocycles. The number of aliphatic hydroxyl groups excluding tert-OH is 1. The van der Waals surface area contributed by atoms with E-state index in [1.54, 1.807) is 18.2 Å². The summed E-state index contributed by atoms with van der Waals surface area (Å²) in [6.45, 7) is 0.0660. The lowest BCUT2D eigenvalue weighted by Gasteiger charge is -2.50. The van der Waals surface area contributed by atoms with Crippen molar-refractivity contribution in [3.63, 3.8) is 0 Å². The van der Waals surface area contributed by atoms with Crippen LogP contribution in [0.1, 0.15) is 21.8 Å². The molecule has 188 valence electrons. The molecule has 2 heterocycles. The van der Waals surface area contributed by atoms with Crippen LogP contribution in [0.5, 0.6) is 28.7 Å². The summed E-state index contributed by atoms with van der Waals surface area (Å²) >= 11 is 0. The Morgan fingerprint density at radius 2 is 1.83 bits per heavy atom. The molecule has 4 N–H and O–H groups in total. The van der Waals surface area contributed by atoms with Crippen molar-refractivity contribution in [2.24, 2.45) is 17.8 Å². The number of aliphatic hydroxyl groups is 2. The quantitative estimate of drug-likeness (QED) is 0.456. The molecule has 0 unspecified atom stereocenters. The standard InChI is InChI=1S/C26H24O10/c1-33-11-6-16(28)20-18(7-11)36-24(23(30)22(20)29)13-8-12-19(10-3-4-15(27)17(5-10)34-2)14-9-35-26(32,21(13)14)25(12)31/h3-8,12,14,19,21,23-24,27-28,30,32H,9H2,1-2H3/t12-,14-,19+,21+,23+,24-,26-/m1/s1. The normalized spacial score (nSPS) is 34.2. The molecule has 10 heteroatoms. The number of phenolic OH excluding ortho intramolecular Hbond substituents is 2. The van der Waals surface area contributed by atoms with E-state index in [2.05, 4.69) is 0 Å². The van der Waals surface area contributed by atoms with Crippen LogP contribution in [0, 0.1) is 17.8 Å². The second kappa shape index (κ2) is 7.70. The average Bonchev–Trinajstić information content (AvgIpc) is 3.19. The van der Waals surface area contributed by atoms with E-state index in [4.69, 9.17) is 18.9 Å². The molecule has 5 aliphatic rings. The van der Waals surface area contributed by atoms with E-state index < -0.39 is 47.3 Å². The fraction of sp³-hybridized carbons (Fsp3) is 0.385. The van der Waals surface area contributed by atoms with Gasteiger partial charge in [-0.15, -0.1) is 0 Å². The van der Waals surface area contributed by atoms with E-state index in [0.717, 1.165) is 5.56 Å². The molecule has 0 spiro atoms. The average molecular weight is 496 g/mol. The number of Topliss-reactive ketones (excluding diaryl/α,β-unsaturated/α-hetero) is 2. The SMILES string of the molecule is COc1cc(O)c2c(c1)O[C@H](C1=C[C@H]3C(=O)[C@]4(O)OC[C@H]([C@H]3c3ccc(O)c(OC)c3)[C@H]14)[C@@H](O)C2=O. The molecular formula is C26H24O10. The number of aromatic hydroxyl groups is 2. The van der Waals surface area contributed by atoms with Crippen molar-refractivity contribution in [3.8, 4) is 28.7 Å². The third-order valence-corrected chi connectivity index (χ3v) is 7.84. The Balaban J connectivity index is 1.45. The molecule has 2 aromatic rings. The summed E-state index contributed by atoms with van der Waals surface area (Å²) in [6, 6.07) is 7.52. The van der Waals surface area contributed by atoms with Crippen LogP contribution in [-0.2, 0) is 9.53 Å². The van der Waals surface area contributed by atoms with Gasteiger partial charge in [0.2, 0.25) is 11.6 Å². The van der Waals surface area contributed by atoms with Crippen LogP contribution in [0.2, 0.25) is 0 Å². The molecule has 4 bridgehead atoms. The van der Waals surface area contributed by atoms with Crippen molar-refractivity contribution in [1.29, 1.82) is 0 Å². The number of allylic oxidation sites excluding steroid dienone is 1. The van der Waals surface area contributed by atoms with Gasteiger partial charge in [-0.2, -0.15) is 0 Å². The molecule has 0 amide bonds. The molecule has 2 fully saturated rings. The van der Waals surface area contributed by atoms with Crippen LogP contribution in [-0.4, -0.2) is 70.8 Å². The number of phenols is 2. The van der Waals surface area contributed by atoms with E-state index in [-0.39, 0.29) is 46.8 Å². The lowest BCUT2D eigenvalue weighted by Crippen LogP contribution is -2.60. The van der Waals surface area contributed by atoms with E-state index in [0.29, 0.717) is 5.57 Å². The molecule has 10 nitrogen and oxygen atoms in total. The largest absolute Gasteiger partial charge is 0.507 e. The van der Waals surface area contributed by atoms with Gasteiger partial charge in [-0.25, -0.2) is 0 Å². The van der Waals surface area contributed by atoms with Gasteiger partial charge in [0.15, 0.2) is 29.5 Å². The van der Waals surface area contributed by atoms with Gasteiger partial charge < -0.3 is 39.4 Å².